The van der Waals surface area contributed by atoms with Gasteiger partial charge in [-0.3, -0.25) is 9.59 Å². The second-order valence-corrected chi connectivity index (χ2v) is 7.09. The summed E-state index contributed by atoms with van der Waals surface area (Å²) < 4.78 is 5.32. The number of hydrogen-bond donors (Lipinski definition) is 2. The van der Waals surface area contributed by atoms with E-state index in [4.69, 9.17) is 21.6 Å². The van der Waals surface area contributed by atoms with Crippen LogP contribution in [0.3, 0.4) is 0 Å². The minimum Gasteiger partial charge on any atom is -0.423 e. The Labute approximate surface area is 194 Å². The molecule has 3 aromatic carbocycles. The number of esters is 1. The van der Waals surface area contributed by atoms with Crippen molar-refractivity contribution >= 4 is 41.3 Å². The third kappa shape index (κ3) is 7.02. The maximum atomic E-state index is 12.2. The Morgan fingerprint density at radius 3 is 2.48 bits per heavy atom. The number of nitrogens with one attached hydrogen (secondary N) is 2. The van der Waals surface area contributed by atoms with Crippen molar-refractivity contribution in [2.75, 3.05) is 5.32 Å². The molecule has 33 heavy (non-hydrogen) atoms. The molecule has 0 bridgehead atoms. The number of carbonyl (C=O) groups is 3. The first-order valence-corrected chi connectivity index (χ1v) is 10.0. The second kappa shape index (κ2) is 11.2. The largest absolute Gasteiger partial charge is 0.423 e. The summed E-state index contributed by atoms with van der Waals surface area (Å²) in [5, 5.41) is 15.3. The van der Waals surface area contributed by atoms with Gasteiger partial charge in [0.15, 0.2) is 0 Å². The number of anilines is 1. The minimum absolute atomic E-state index is 0.254. The number of ether oxygens (including phenoxy) is 1. The van der Waals surface area contributed by atoms with Crippen molar-refractivity contribution < 1.29 is 19.1 Å². The van der Waals surface area contributed by atoms with E-state index in [2.05, 4.69) is 15.8 Å². The molecule has 0 saturated carbocycles. The maximum Gasteiger partial charge on any atom is 0.343 e. The third-order valence-corrected chi connectivity index (χ3v) is 4.44. The van der Waals surface area contributed by atoms with E-state index in [0.29, 0.717) is 21.8 Å². The highest BCUT2D eigenvalue weighted by Gasteiger charge is 2.13. The van der Waals surface area contributed by atoms with Gasteiger partial charge in [-0.15, -0.1) is 0 Å². The molecule has 0 radical (unpaired) electrons. The van der Waals surface area contributed by atoms with E-state index in [1.807, 2.05) is 6.07 Å². The highest BCUT2D eigenvalue weighted by atomic mass is 35.5. The van der Waals surface area contributed by atoms with Crippen LogP contribution in [-0.4, -0.2) is 24.0 Å². The lowest BCUT2D eigenvalue weighted by Crippen LogP contribution is -2.32. The fraction of sp³-hybridized carbons (Fsp3) is 0.0417. The van der Waals surface area contributed by atoms with Crippen LogP contribution >= 0.6 is 11.6 Å². The second-order valence-electron chi connectivity index (χ2n) is 6.66. The van der Waals surface area contributed by atoms with E-state index in [-0.39, 0.29) is 12.2 Å². The van der Waals surface area contributed by atoms with Crippen molar-refractivity contribution in [3.63, 3.8) is 0 Å². The number of rotatable bonds is 6. The summed E-state index contributed by atoms with van der Waals surface area (Å²) in [5.74, 6) is -2.16. The Balaban J connectivity index is 1.54. The van der Waals surface area contributed by atoms with Crippen molar-refractivity contribution in [2.24, 2.45) is 5.10 Å². The highest BCUT2D eigenvalue weighted by Crippen LogP contribution is 2.16. The molecule has 8 nitrogen and oxygen atoms in total. The van der Waals surface area contributed by atoms with Gasteiger partial charge in [0.05, 0.1) is 24.3 Å². The Bertz CT molecular complexity index is 1250. The zero-order chi connectivity index (χ0) is 23.6. The van der Waals surface area contributed by atoms with Crippen LogP contribution in [0.15, 0.2) is 77.9 Å². The van der Waals surface area contributed by atoms with Gasteiger partial charge in [-0.05, 0) is 53.6 Å². The highest BCUT2D eigenvalue weighted by molar-refractivity contribution is 6.39. The van der Waals surface area contributed by atoms with Gasteiger partial charge in [0, 0.05) is 10.7 Å². The van der Waals surface area contributed by atoms with Crippen LogP contribution in [0.5, 0.6) is 5.75 Å². The minimum atomic E-state index is -0.962. The molecule has 0 spiro atoms. The number of halogens is 1. The Kier molecular flexibility index (Phi) is 7.89. The molecule has 0 aliphatic heterocycles. The van der Waals surface area contributed by atoms with E-state index < -0.39 is 17.8 Å². The summed E-state index contributed by atoms with van der Waals surface area (Å²) in [4.78, 5) is 36.2. The molecule has 0 aromatic heterocycles. The van der Waals surface area contributed by atoms with Crippen LogP contribution in [0.1, 0.15) is 21.5 Å². The van der Waals surface area contributed by atoms with Crippen molar-refractivity contribution in [3.05, 3.63) is 94.5 Å². The molecule has 3 aromatic rings. The van der Waals surface area contributed by atoms with Gasteiger partial charge in [-0.2, -0.15) is 10.4 Å². The van der Waals surface area contributed by atoms with Crippen LogP contribution < -0.4 is 15.5 Å². The molecule has 2 N–H and O–H groups in total. The van der Waals surface area contributed by atoms with E-state index in [0.717, 1.165) is 5.56 Å². The van der Waals surface area contributed by atoms with Crippen LogP contribution in [0.2, 0.25) is 5.02 Å². The molecule has 3 rings (SSSR count). The number of nitrogens with zero attached hydrogens (tertiary/aromatic N) is 2. The lowest BCUT2D eigenvalue weighted by atomic mass is 10.1. The van der Waals surface area contributed by atoms with Gasteiger partial charge in [0.2, 0.25) is 0 Å². The van der Waals surface area contributed by atoms with E-state index in [9.17, 15) is 14.4 Å². The third-order valence-electron chi connectivity index (χ3n) is 4.21. The van der Waals surface area contributed by atoms with Gasteiger partial charge in [-0.1, -0.05) is 41.9 Å². The number of hydrogen-bond acceptors (Lipinski definition) is 6. The molecule has 0 atom stereocenters. The predicted octanol–water partition coefficient (Wildman–Crippen LogP) is 3.71. The summed E-state index contributed by atoms with van der Waals surface area (Å²) in [5.41, 5.74) is 4.17. The quantitative estimate of drug-likeness (QED) is 0.191. The van der Waals surface area contributed by atoms with Crippen molar-refractivity contribution in [1.29, 1.82) is 5.26 Å². The molecule has 0 unspecified atom stereocenters. The molecule has 0 saturated heterocycles. The first-order valence-electron chi connectivity index (χ1n) is 9.62. The van der Waals surface area contributed by atoms with Crippen LogP contribution in [0.25, 0.3) is 0 Å². The average molecular weight is 461 g/mol. The summed E-state index contributed by atoms with van der Waals surface area (Å²) >= 11 is 5.89. The predicted molar refractivity (Wildman–Crippen MR) is 123 cm³/mol. The monoisotopic (exact) mass is 460 g/mol. The van der Waals surface area contributed by atoms with Crippen LogP contribution in [0, 0.1) is 11.3 Å². The van der Waals surface area contributed by atoms with Gasteiger partial charge >= 0.3 is 17.8 Å². The molecular formula is C24H17ClN4O4. The summed E-state index contributed by atoms with van der Waals surface area (Å²) in [6.07, 6.45) is 1.56. The lowest BCUT2D eigenvalue weighted by Gasteiger charge is -2.06. The molecular weight excluding hydrogens is 444 g/mol. The van der Waals surface area contributed by atoms with Gasteiger partial charge in [-0.25, -0.2) is 10.2 Å². The van der Waals surface area contributed by atoms with Crippen LogP contribution in [-0.2, 0) is 16.0 Å². The molecule has 9 heteroatoms. The lowest BCUT2D eigenvalue weighted by molar-refractivity contribution is -0.136. The first kappa shape index (κ1) is 23.2. The smallest absolute Gasteiger partial charge is 0.343 e. The average Bonchev–Trinajstić information content (AvgIpc) is 2.80. The standard InChI is InChI=1S/C24H17ClN4O4/c25-19-5-2-4-18(14-19)24(32)33-21-6-1-3-17(13-21)15-27-29-23(31)22(30)28-20-9-7-16(8-10-20)11-12-26/h1-10,13-15H,11H2,(H,28,30)(H,29,31). The normalized spacial score (nSPS) is 10.3. The Morgan fingerprint density at radius 1 is 1.00 bits per heavy atom. The Morgan fingerprint density at radius 2 is 1.76 bits per heavy atom. The van der Waals surface area contributed by atoms with E-state index in [1.165, 1.54) is 12.3 Å². The zero-order valence-corrected chi connectivity index (χ0v) is 17.9. The fourth-order valence-corrected chi connectivity index (χ4v) is 2.83. The number of nitriles is 1. The molecule has 0 aliphatic carbocycles. The summed E-state index contributed by atoms with van der Waals surface area (Å²) in [7, 11) is 0. The summed E-state index contributed by atoms with van der Waals surface area (Å²) in [6.45, 7) is 0. The first-order chi connectivity index (χ1) is 15.9. The number of benzene rings is 3. The SMILES string of the molecule is N#CCc1ccc(NC(=O)C(=O)NN=Cc2cccc(OC(=O)c3cccc(Cl)c3)c2)cc1. The zero-order valence-electron chi connectivity index (χ0n) is 17.1. The van der Waals surface area contributed by atoms with Gasteiger partial charge < -0.3 is 10.1 Å². The van der Waals surface area contributed by atoms with Crippen LogP contribution in [0.4, 0.5) is 5.69 Å². The summed E-state index contributed by atoms with van der Waals surface area (Å²) in [6, 6.07) is 21.4. The van der Waals surface area contributed by atoms with Crippen molar-refractivity contribution in [3.8, 4) is 11.8 Å². The Hall–Kier alpha value is -4.48. The molecule has 164 valence electrons. The number of hydrazone groups is 1. The van der Waals surface area contributed by atoms with Crippen molar-refractivity contribution in [2.45, 2.75) is 6.42 Å². The number of carbonyl (C=O) groups excluding carboxylic acids is 3. The molecule has 2 amide bonds. The topological polar surface area (TPSA) is 121 Å². The maximum absolute atomic E-state index is 12.2. The number of amides is 2. The van der Waals surface area contributed by atoms with Gasteiger partial charge in [0.1, 0.15) is 5.75 Å². The van der Waals surface area contributed by atoms with E-state index >= 15 is 0 Å². The van der Waals surface area contributed by atoms with E-state index in [1.54, 1.807) is 66.7 Å². The molecule has 0 aliphatic rings. The molecule has 0 heterocycles. The molecule has 0 fully saturated rings. The van der Waals surface area contributed by atoms with Crippen molar-refractivity contribution in [1.82, 2.24) is 5.43 Å². The fourth-order valence-electron chi connectivity index (χ4n) is 2.64. The van der Waals surface area contributed by atoms with Gasteiger partial charge in [0.25, 0.3) is 0 Å².